The van der Waals surface area contributed by atoms with Crippen molar-refractivity contribution in [3.63, 3.8) is 0 Å². The Kier molecular flexibility index (Phi) is 2.79. The fraction of sp³-hybridized carbons (Fsp3) is 0.333. The Morgan fingerprint density at radius 1 is 1.33 bits per heavy atom. The maximum atomic E-state index is 8.88. The van der Waals surface area contributed by atoms with Crippen molar-refractivity contribution >= 4 is 11.6 Å². The molecule has 0 aliphatic rings. The van der Waals surface area contributed by atoms with Crippen molar-refractivity contribution in [2.45, 2.75) is 6.04 Å². The summed E-state index contributed by atoms with van der Waals surface area (Å²) in [6.45, 7) is -0.321. The summed E-state index contributed by atoms with van der Waals surface area (Å²) in [5.74, 6) is 0.398. The number of aliphatic hydroxyl groups excluding tert-OH is 2. The summed E-state index contributed by atoms with van der Waals surface area (Å²) in [4.78, 5) is 4.17. The fourth-order valence-electron chi connectivity index (χ4n) is 1.22. The summed E-state index contributed by atoms with van der Waals surface area (Å²) >= 11 is 0. The number of anilines is 1. The predicted molar refractivity (Wildman–Crippen MR) is 54.6 cm³/mol. The Labute approximate surface area is 86.2 Å². The van der Waals surface area contributed by atoms with E-state index in [0.29, 0.717) is 5.95 Å². The van der Waals surface area contributed by atoms with Crippen LogP contribution in [0.25, 0.3) is 5.65 Å². The van der Waals surface area contributed by atoms with Crippen LogP contribution in [0.4, 0.5) is 5.95 Å². The van der Waals surface area contributed by atoms with Crippen LogP contribution in [-0.4, -0.2) is 44.1 Å². The van der Waals surface area contributed by atoms with Gasteiger partial charge in [-0.25, -0.2) is 4.52 Å². The van der Waals surface area contributed by atoms with Crippen molar-refractivity contribution in [3.05, 3.63) is 24.4 Å². The van der Waals surface area contributed by atoms with Crippen LogP contribution >= 0.6 is 0 Å². The van der Waals surface area contributed by atoms with Gasteiger partial charge in [-0.2, -0.15) is 4.98 Å². The zero-order chi connectivity index (χ0) is 10.7. The number of fused-ring (bicyclic) bond motifs is 1. The standard InChI is InChI=1S/C9H12N4O2/c14-5-7(6-15)10-9-11-8-3-1-2-4-13(8)12-9/h1-4,7,14-15H,5-6H2,(H,10,12). The van der Waals surface area contributed by atoms with Crippen LogP contribution in [0, 0.1) is 0 Å². The molecule has 0 bridgehead atoms. The fourth-order valence-corrected chi connectivity index (χ4v) is 1.22. The lowest BCUT2D eigenvalue weighted by Gasteiger charge is -2.10. The SMILES string of the molecule is OCC(CO)Nc1nc2ccccn2n1. The zero-order valence-corrected chi connectivity index (χ0v) is 8.04. The van der Waals surface area contributed by atoms with Crippen LogP contribution in [0.3, 0.4) is 0 Å². The van der Waals surface area contributed by atoms with Gasteiger partial charge < -0.3 is 15.5 Å². The Hall–Kier alpha value is -1.66. The van der Waals surface area contributed by atoms with Crippen molar-refractivity contribution in [2.24, 2.45) is 0 Å². The molecule has 80 valence electrons. The number of rotatable bonds is 4. The molecule has 0 radical (unpaired) electrons. The lowest BCUT2D eigenvalue weighted by atomic mass is 10.3. The molecule has 0 saturated carbocycles. The highest BCUT2D eigenvalue weighted by molar-refractivity contribution is 5.43. The Morgan fingerprint density at radius 2 is 2.13 bits per heavy atom. The predicted octanol–water partition coefficient (Wildman–Crippen LogP) is -0.506. The van der Waals surface area contributed by atoms with Crippen molar-refractivity contribution in [1.29, 1.82) is 0 Å². The number of pyridine rings is 1. The van der Waals surface area contributed by atoms with E-state index in [-0.39, 0.29) is 13.2 Å². The normalized spacial score (nSPS) is 11.1. The average molecular weight is 208 g/mol. The van der Waals surface area contributed by atoms with Gasteiger partial charge in [0.1, 0.15) is 0 Å². The van der Waals surface area contributed by atoms with Crippen LogP contribution in [0.5, 0.6) is 0 Å². The number of aromatic nitrogens is 3. The molecule has 0 aromatic carbocycles. The number of nitrogens with zero attached hydrogens (tertiary/aromatic N) is 3. The first kappa shape index (κ1) is 9.88. The largest absolute Gasteiger partial charge is 0.394 e. The minimum Gasteiger partial charge on any atom is -0.394 e. The molecule has 0 amide bonds. The van der Waals surface area contributed by atoms with Crippen LogP contribution in [0.1, 0.15) is 0 Å². The van der Waals surface area contributed by atoms with E-state index in [1.165, 1.54) is 0 Å². The van der Waals surface area contributed by atoms with Crippen molar-refractivity contribution in [3.8, 4) is 0 Å². The molecule has 0 aliphatic heterocycles. The molecule has 0 aliphatic carbocycles. The number of nitrogens with one attached hydrogen (secondary N) is 1. The lowest BCUT2D eigenvalue weighted by Crippen LogP contribution is -2.28. The van der Waals surface area contributed by atoms with E-state index in [1.54, 1.807) is 10.7 Å². The van der Waals surface area contributed by atoms with E-state index in [2.05, 4.69) is 15.4 Å². The Morgan fingerprint density at radius 3 is 2.80 bits per heavy atom. The third-order valence-corrected chi connectivity index (χ3v) is 2.02. The van der Waals surface area contributed by atoms with E-state index >= 15 is 0 Å². The summed E-state index contributed by atoms with van der Waals surface area (Å²) in [5, 5.41) is 24.7. The van der Waals surface area contributed by atoms with Crippen LogP contribution in [0.2, 0.25) is 0 Å². The van der Waals surface area contributed by atoms with Gasteiger partial charge in [0, 0.05) is 6.20 Å². The molecule has 0 unspecified atom stereocenters. The first-order chi connectivity index (χ1) is 7.33. The van der Waals surface area contributed by atoms with Gasteiger partial charge in [-0.1, -0.05) is 6.07 Å². The van der Waals surface area contributed by atoms with Gasteiger partial charge in [0.2, 0.25) is 5.95 Å². The highest BCUT2D eigenvalue weighted by Crippen LogP contribution is 2.05. The monoisotopic (exact) mass is 208 g/mol. The lowest BCUT2D eigenvalue weighted by molar-refractivity contribution is 0.203. The van der Waals surface area contributed by atoms with Crippen molar-refractivity contribution in [1.82, 2.24) is 14.6 Å². The molecule has 2 aromatic heterocycles. The second-order valence-electron chi connectivity index (χ2n) is 3.15. The molecule has 2 rings (SSSR count). The maximum Gasteiger partial charge on any atom is 0.243 e. The molecule has 3 N–H and O–H groups in total. The van der Waals surface area contributed by atoms with Gasteiger partial charge in [0.15, 0.2) is 5.65 Å². The van der Waals surface area contributed by atoms with E-state index in [9.17, 15) is 0 Å². The molecule has 6 heteroatoms. The summed E-state index contributed by atoms with van der Waals surface area (Å²) < 4.78 is 1.62. The molecule has 2 aromatic rings. The minimum absolute atomic E-state index is 0.161. The zero-order valence-electron chi connectivity index (χ0n) is 8.04. The van der Waals surface area contributed by atoms with E-state index in [1.807, 2.05) is 18.2 Å². The van der Waals surface area contributed by atoms with Gasteiger partial charge in [-0.3, -0.25) is 0 Å². The molecule has 6 nitrogen and oxygen atoms in total. The van der Waals surface area contributed by atoms with Gasteiger partial charge in [0.05, 0.1) is 19.3 Å². The smallest absolute Gasteiger partial charge is 0.243 e. The third kappa shape index (κ3) is 2.05. The average Bonchev–Trinajstić information content (AvgIpc) is 2.68. The molecular formula is C9H12N4O2. The summed E-state index contributed by atoms with van der Waals surface area (Å²) in [7, 11) is 0. The van der Waals surface area contributed by atoms with E-state index in [4.69, 9.17) is 10.2 Å². The number of aliphatic hydroxyl groups is 2. The molecule has 0 fully saturated rings. The molecule has 0 spiro atoms. The molecule has 0 saturated heterocycles. The Bertz CT molecular complexity index is 405. The molecule has 15 heavy (non-hydrogen) atoms. The van der Waals surface area contributed by atoms with Gasteiger partial charge >= 0.3 is 0 Å². The Balaban J connectivity index is 2.21. The molecule has 2 heterocycles. The summed E-state index contributed by atoms with van der Waals surface area (Å²) in [6, 6.07) is 5.11. The van der Waals surface area contributed by atoms with Gasteiger partial charge in [-0.15, -0.1) is 5.10 Å². The van der Waals surface area contributed by atoms with Gasteiger partial charge in [-0.05, 0) is 12.1 Å². The topological polar surface area (TPSA) is 82.7 Å². The highest BCUT2D eigenvalue weighted by atomic mass is 16.3. The highest BCUT2D eigenvalue weighted by Gasteiger charge is 2.08. The molecular weight excluding hydrogens is 196 g/mol. The van der Waals surface area contributed by atoms with Crippen LogP contribution in [-0.2, 0) is 0 Å². The van der Waals surface area contributed by atoms with Crippen LogP contribution in [0.15, 0.2) is 24.4 Å². The maximum absolute atomic E-state index is 8.88. The minimum atomic E-state index is -0.428. The second kappa shape index (κ2) is 4.24. The van der Waals surface area contributed by atoms with Crippen molar-refractivity contribution in [2.75, 3.05) is 18.5 Å². The van der Waals surface area contributed by atoms with Crippen LogP contribution < -0.4 is 5.32 Å². The van der Waals surface area contributed by atoms with Crippen molar-refractivity contribution < 1.29 is 10.2 Å². The van der Waals surface area contributed by atoms with E-state index in [0.717, 1.165) is 5.65 Å². The number of hydrogen-bond acceptors (Lipinski definition) is 5. The first-order valence-corrected chi connectivity index (χ1v) is 4.63. The van der Waals surface area contributed by atoms with Gasteiger partial charge in [0.25, 0.3) is 0 Å². The second-order valence-corrected chi connectivity index (χ2v) is 3.15. The first-order valence-electron chi connectivity index (χ1n) is 4.63. The van der Waals surface area contributed by atoms with E-state index < -0.39 is 6.04 Å². The molecule has 0 atom stereocenters. The summed E-state index contributed by atoms with van der Waals surface area (Å²) in [5.41, 5.74) is 0.717. The number of hydrogen-bond donors (Lipinski definition) is 3. The third-order valence-electron chi connectivity index (χ3n) is 2.02. The summed E-state index contributed by atoms with van der Waals surface area (Å²) in [6.07, 6.45) is 1.78. The quantitative estimate of drug-likeness (QED) is 0.630.